The molecule has 0 aromatic rings. The highest BCUT2D eigenvalue weighted by molar-refractivity contribution is 4.74. The fourth-order valence-corrected chi connectivity index (χ4v) is 2.76. The zero-order chi connectivity index (χ0) is 10.3. The average Bonchev–Trinajstić information content (AvgIpc) is 2.68. The van der Waals surface area contributed by atoms with Crippen molar-refractivity contribution in [2.24, 2.45) is 0 Å². The van der Waals surface area contributed by atoms with Crippen LogP contribution in [0.3, 0.4) is 0 Å². The molecule has 0 aromatic heterocycles. The van der Waals surface area contributed by atoms with Crippen LogP contribution in [0.4, 0.5) is 0 Å². The molecule has 1 saturated carbocycles. The Bertz CT molecular complexity index is 158. The summed E-state index contributed by atoms with van der Waals surface area (Å²) in [6.07, 6.45) is 13.0. The van der Waals surface area contributed by atoms with E-state index in [1.807, 2.05) is 0 Å². The third kappa shape index (κ3) is 4.12. The van der Waals surface area contributed by atoms with E-state index in [0.717, 1.165) is 19.2 Å². The number of hydrogen-bond donors (Lipinski definition) is 1. The van der Waals surface area contributed by atoms with Crippen molar-refractivity contribution in [3.8, 4) is 0 Å². The van der Waals surface area contributed by atoms with Gasteiger partial charge in [-0.15, -0.1) is 0 Å². The van der Waals surface area contributed by atoms with Gasteiger partial charge in [-0.05, 0) is 25.7 Å². The van der Waals surface area contributed by atoms with Gasteiger partial charge in [-0.2, -0.15) is 0 Å². The lowest BCUT2D eigenvalue weighted by atomic mass is 9.96. The van der Waals surface area contributed by atoms with Crippen LogP contribution in [0.2, 0.25) is 0 Å². The highest BCUT2D eigenvalue weighted by atomic mass is 16.5. The molecular weight excluding hydrogens is 186 g/mol. The van der Waals surface area contributed by atoms with Crippen LogP contribution in [0.5, 0.6) is 0 Å². The van der Waals surface area contributed by atoms with E-state index in [4.69, 9.17) is 4.74 Å². The Hall–Kier alpha value is -0.0800. The molecule has 2 rings (SSSR count). The lowest BCUT2D eigenvalue weighted by Crippen LogP contribution is -2.35. The molecule has 88 valence electrons. The van der Waals surface area contributed by atoms with Gasteiger partial charge >= 0.3 is 0 Å². The molecule has 1 unspecified atom stereocenters. The van der Waals surface area contributed by atoms with Crippen molar-refractivity contribution in [2.45, 2.75) is 69.9 Å². The standard InChI is InChI=1S/C13H25NO/c1-2-4-7-12(8-5-3-1)14-11-13-9-6-10-15-13/h12-14H,1-11H2. The van der Waals surface area contributed by atoms with Crippen LogP contribution in [0.1, 0.15) is 57.8 Å². The molecule has 2 fully saturated rings. The Kier molecular flexibility index (Phi) is 4.94. The van der Waals surface area contributed by atoms with E-state index in [-0.39, 0.29) is 0 Å². The molecule has 1 N–H and O–H groups in total. The van der Waals surface area contributed by atoms with Crippen molar-refractivity contribution in [3.63, 3.8) is 0 Å². The van der Waals surface area contributed by atoms with Gasteiger partial charge in [0.1, 0.15) is 0 Å². The summed E-state index contributed by atoms with van der Waals surface area (Å²) in [4.78, 5) is 0. The molecule has 0 aromatic carbocycles. The maximum atomic E-state index is 5.64. The smallest absolute Gasteiger partial charge is 0.0700 e. The van der Waals surface area contributed by atoms with Crippen LogP contribution < -0.4 is 5.32 Å². The molecule has 0 bridgehead atoms. The van der Waals surface area contributed by atoms with Crippen molar-refractivity contribution in [1.82, 2.24) is 5.32 Å². The topological polar surface area (TPSA) is 21.3 Å². The van der Waals surface area contributed by atoms with E-state index in [1.54, 1.807) is 0 Å². The van der Waals surface area contributed by atoms with Gasteiger partial charge in [0.05, 0.1) is 6.10 Å². The van der Waals surface area contributed by atoms with Crippen LogP contribution in [0, 0.1) is 0 Å². The predicted molar refractivity (Wildman–Crippen MR) is 63.1 cm³/mol. The molecule has 1 saturated heterocycles. The zero-order valence-corrected chi connectivity index (χ0v) is 9.84. The third-order valence-corrected chi connectivity index (χ3v) is 3.76. The summed E-state index contributed by atoms with van der Waals surface area (Å²) in [5.74, 6) is 0. The van der Waals surface area contributed by atoms with E-state index >= 15 is 0 Å². The molecule has 15 heavy (non-hydrogen) atoms. The largest absolute Gasteiger partial charge is 0.377 e. The molecule has 1 atom stereocenters. The molecule has 2 nitrogen and oxygen atoms in total. The summed E-state index contributed by atoms with van der Waals surface area (Å²) in [6.45, 7) is 2.07. The fourth-order valence-electron chi connectivity index (χ4n) is 2.76. The first-order chi connectivity index (χ1) is 7.45. The minimum absolute atomic E-state index is 0.510. The molecular formula is C13H25NO. The van der Waals surface area contributed by atoms with Crippen LogP contribution >= 0.6 is 0 Å². The second-order valence-electron chi connectivity index (χ2n) is 5.09. The van der Waals surface area contributed by atoms with Crippen molar-refractivity contribution in [3.05, 3.63) is 0 Å². The number of ether oxygens (including phenoxy) is 1. The van der Waals surface area contributed by atoms with E-state index in [0.29, 0.717) is 6.10 Å². The Balaban J connectivity index is 1.62. The van der Waals surface area contributed by atoms with Crippen molar-refractivity contribution in [1.29, 1.82) is 0 Å². The van der Waals surface area contributed by atoms with E-state index in [9.17, 15) is 0 Å². The highest BCUT2D eigenvalue weighted by Crippen LogP contribution is 2.18. The lowest BCUT2D eigenvalue weighted by molar-refractivity contribution is 0.106. The van der Waals surface area contributed by atoms with E-state index < -0.39 is 0 Å². The zero-order valence-electron chi connectivity index (χ0n) is 9.84. The Labute approximate surface area is 93.8 Å². The van der Waals surface area contributed by atoms with Gasteiger partial charge in [0.2, 0.25) is 0 Å². The summed E-state index contributed by atoms with van der Waals surface area (Å²) in [5.41, 5.74) is 0. The van der Waals surface area contributed by atoms with Gasteiger partial charge in [0, 0.05) is 19.2 Å². The second kappa shape index (κ2) is 6.49. The van der Waals surface area contributed by atoms with Gasteiger partial charge in [-0.25, -0.2) is 0 Å². The average molecular weight is 211 g/mol. The van der Waals surface area contributed by atoms with Crippen molar-refractivity contribution >= 4 is 0 Å². The van der Waals surface area contributed by atoms with Crippen molar-refractivity contribution in [2.75, 3.05) is 13.2 Å². The molecule has 1 heterocycles. The predicted octanol–water partition coefficient (Wildman–Crippen LogP) is 2.87. The summed E-state index contributed by atoms with van der Waals surface area (Å²) in [6, 6.07) is 0.773. The fraction of sp³-hybridized carbons (Fsp3) is 1.00. The maximum absolute atomic E-state index is 5.64. The minimum Gasteiger partial charge on any atom is -0.377 e. The minimum atomic E-state index is 0.510. The van der Waals surface area contributed by atoms with Crippen LogP contribution in [0.25, 0.3) is 0 Å². The third-order valence-electron chi connectivity index (χ3n) is 3.76. The molecule has 1 aliphatic heterocycles. The van der Waals surface area contributed by atoms with E-state index in [2.05, 4.69) is 5.32 Å². The SMILES string of the molecule is C1CCCC(NCC2CCCO2)CCC1. The maximum Gasteiger partial charge on any atom is 0.0700 e. The molecule has 1 aliphatic carbocycles. The van der Waals surface area contributed by atoms with Crippen LogP contribution in [-0.2, 0) is 4.74 Å². The Morgan fingerprint density at radius 2 is 1.60 bits per heavy atom. The molecule has 0 spiro atoms. The van der Waals surface area contributed by atoms with Crippen molar-refractivity contribution < 1.29 is 4.74 Å². The Morgan fingerprint density at radius 3 is 2.27 bits per heavy atom. The number of hydrogen-bond acceptors (Lipinski definition) is 2. The van der Waals surface area contributed by atoms with Crippen LogP contribution in [-0.4, -0.2) is 25.3 Å². The van der Waals surface area contributed by atoms with Crippen LogP contribution in [0.15, 0.2) is 0 Å². The summed E-state index contributed by atoms with van der Waals surface area (Å²) >= 11 is 0. The highest BCUT2D eigenvalue weighted by Gasteiger charge is 2.17. The van der Waals surface area contributed by atoms with E-state index in [1.165, 1.54) is 57.8 Å². The molecule has 2 heteroatoms. The first-order valence-electron chi connectivity index (χ1n) is 6.80. The number of rotatable bonds is 3. The van der Waals surface area contributed by atoms with Gasteiger partial charge in [0.15, 0.2) is 0 Å². The lowest BCUT2D eigenvalue weighted by Gasteiger charge is -2.22. The van der Waals surface area contributed by atoms with Gasteiger partial charge in [-0.3, -0.25) is 0 Å². The summed E-state index contributed by atoms with van der Waals surface area (Å²) in [5, 5.41) is 3.71. The van der Waals surface area contributed by atoms with Gasteiger partial charge in [-0.1, -0.05) is 32.1 Å². The summed E-state index contributed by atoms with van der Waals surface area (Å²) in [7, 11) is 0. The second-order valence-corrected chi connectivity index (χ2v) is 5.09. The quantitative estimate of drug-likeness (QED) is 0.775. The molecule has 2 aliphatic rings. The number of nitrogens with one attached hydrogen (secondary N) is 1. The first kappa shape index (κ1) is 11.4. The van der Waals surface area contributed by atoms with Gasteiger partial charge < -0.3 is 10.1 Å². The summed E-state index contributed by atoms with van der Waals surface area (Å²) < 4.78 is 5.64. The molecule has 0 radical (unpaired) electrons. The molecule has 0 amide bonds. The first-order valence-corrected chi connectivity index (χ1v) is 6.80. The van der Waals surface area contributed by atoms with Gasteiger partial charge in [0.25, 0.3) is 0 Å². The Morgan fingerprint density at radius 1 is 0.867 bits per heavy atom. The monoisotopic (exact) mass is 211 g/mol. The normalized spacial score (nSPS) is 30.0.